The molecule has 1 aliphatic carbocycles. The number of aromatic nitrogens is 2. The first-order valence-electron chi connectivity index (χ1n) is 5.66. The molecule has 3 rings (SSSR count). The van der Waals surface area contributed by atoms with Crippen LogP contribution in [0.5, 0.6) is 5.75 Å². The van der Waals surface area contributed by atoms with Crippen LogP contribution in [0, 0.1) is 0 Å². The highest BCUT2D eigenvalue weighted by Gasteiger charge is 2.21. The van der Waals surface area contributed by atoms with Crippen molar-refractivity contribution in [1.29, 1.82) is 0 Å². The van der Waals surface area contributed by atoms with Crippen LogP contribution in [0.25, 0.3) is 5.69 Å². The molecule has 4 heteroatoms. The smallest absolute Gasteiger partial charge is 0.183 e. The fourth-order valence-electron chi connectivity index (χ4n) is 2.17. The summed E-state index contributed by atoms with van der Waals surface area (Å²) in [5, 5.41) is 14.0. The van der Waals surface area contributed by atoms with Gasteiger partial charge in [0.2, 0.25) is 0 Å². The summed E-state index contributed by atoms with van der Waals surface area (Å²) in [6, 6.07) is 6.97. The molecular weight excluding hydrogens is 216 g/mol. The second-order valence-corrected chi connectivity index (χ2v) is 4.21. The fourth-order valence-corrected chi connectivity index (χ4v) is 2.17. The van der Waals surface area contributed by atoms with Crippen molar-refractivity contribution in [1.82, 2.24) is 9.78 Å². The highest BCUT2D eigenvalue weighted by Crippen LogP contribution is 2.25. The Morgan fingerprint density at radius 1 is 1.24 bits per heavy atom. The topological polar surface area (TPSA) is 55.1 Å². The number of fused-ring (bicyclic) bond motifs is 1. The van der Waals surface area contributed by atoms with E-state index in [1.807, 2.05) is 12.3 Å². The molecule has 17 heavy (non-hydrogen) atoms. The Morgan fingerprint density at radius 2 is 2.06 bits per heavy atom. The van der Waals surface area contributed by atoms with E-state index in [-0.39, 0.29) is 11.5 Å². The zero-order valence-corrected chi connectivity index (χ0v) is 9.26. The first-order valence-corrected chi connectivity index (χ1v) is 5.66. The summed E-state index contributed by atoms with van der Waals surface area (Å²) in [6.45, 7) is 0. The number of hydrogen-bond donors (Lipinski definition) is 1. The van der Waals surface area contributed by atoms with Crippen LogP contribution < -0.4 is 0 Å². The average Bonchev–Trinajstić information content (AvgIpc) is 2.75. The zero-order chi connectivity index (χ0) is 11.8. The number of Topliss-reactive ketones (excluding diaryl/α,β-unsaturated/α-hetero) is 1. The third-order valence-electron chi connectivity index (χ3n) is 3.03. The Kier molecular flexibility index (Phi) is 2.21. The van der Waals surface area contributed by atoms with E-state index < -0.39 is 0 Å². The summed E-state index contributed by atoms with van der Waals surface area (Å²) in [7, 11) is 0. The van der Waals surface area contributed by atoms with E-state index in [9.17, 15) is 9.90 Å². The summed E-state index contributed by atoms with van der Waals surface area (Å²) >= 11 is 0. The van der Waals surface area contributed by atoms with E-state index in [1.54, 1.807) is 22.9 Å². The van der Waals surface area contributed by atoms with Gasteiger partial charge in [-0.05, 0) is 25.0 Å². The lowest BCUT2D eigenvalue weighted by Crippen LogP contribution is -2.09. The number of phenols is 1. The van der Waals surface area contributed by atoms with Crippen molar-refractivity contribution in [3.05, 3.63) is 41.7 Å². The number of ketones is 1. The lowest BCUT2D eigenvalue weighted by Gasteiger charge is -2.05. The third-order valence-corrected chi connectivity index (χ3v) is 3.03. The molecule has 1 aromatic heterocycles. The predicted octanol–water partition coefficient (Wildman–Crippen LogP) is 2.10. The van der Waals surface area contributed by atoms with Crippen molar-refractivity contribution in [2.45, 2.75) is 19.3 Å². The second-order valence-electron chi connectivity index (χ2n) is 4.21. The number of carbonyl (C=O) groups excluding carboxylic acids is 1. The highest BCUT2D eigenvalue weighted by atomic mass is 16.3. The summed E-state index contributed by atoms with van der Waals surface area (Å²) in [6.07, 6.45) is 4.18. The number of benzene rings is 1. The van der Waals surface area contributed by atoms with E-state index in [4.69, 9.17) is 0 Å². The van der Waals surface area contributed by atoms with Gasteiger partial charge in [0.05, 0.1) is 0 Å². The van der Waals surface area contributed by atoms with Crippen LogP contribution in [0.1, 0.15) is 28.9 Å². The van der Waals surface area contributed by atoms with Gasteiger partial charge in [-0.2, -0.15) is 5.10 Å². The SMILES string of the molecule is O=C1CCCc2cn(-c3ccccc3O)nc21. The van der Waals surface area contributed by atoms with Gasteiger partial charge in [-0.15, -0.1) is 0 Å². The van der Waals surface area contributed by atoms with E-state index in [2.05, 4.69) is 5.10 Å². The molecule has 0 fully saturated rings. The standard InChI is InChI=1S/C13H12N2O2/c16-11-6-2-1-5-10(11)15-8-9-4-3-7-12(17)13(9)14-15/h1-2,5-6,8,16H,3-4,7H2. The fraction of sp³-hybridized carbons (Fsp3) is 0.231. The molecule has 0 unspecified atom stereocenters. The van der Waals surface area contributed by atoms with Crippen LogP contribution in [0.15, 0.2) is 30.5 Å². The Hall–Kier alpha value is -2.10. The van der Waals surface area contributed by atoms with Crippen LogP contribution in [0.3, 0.4) is 0 Å². The number of para-hydroxylation sites is 2. The zero-order valence-electron chi connectivity index (χ0n) is 9.26. The van der Waals surface area contributed by atoms with Crippen LogP contribution in [-0.4, -0.2) is 20.7 Å². The maximum atomic E-state index is 11.7. The molecular formula is C13H12N2O2. The molecule has 0 saturated heterocycles. The highest BCUT2D eigenvalue weighted by molar-refractivity contribution is 5.96. The number of aromatic hydroxyl groups is 1. The maximum absolute atomic E-state index is 11.7. The van der Waals surface area contributed by atoms with E-state index in [0.717, 1.165) is 18.4 Å². The lowest BCUT2D eigenvalue weighted by atomic mass is 9.97. The molecule has 0 atom stereocenters. The van der Waals surface area contributed by atoms with Gasteiger partial charge in [-0.1, -0.05) is 12.1 Å². The van der Waals surface area contributed by atoms with Crippen molar-refractivity contribution in [3.63, 3.8) is 0 Å². The Labute approximate surface area is 98.5 Å². The summed E-state index contributed by atoms with van der Waals surface area (Å²) in [4.78, 5) is 11.7. The molecule has 0 bridgehead atoms. The number of hydrogen-bond acceptors (Lipinski definition) is 3. The number of nitrogens with zero attached hydrogens (tertiary/aromatic N) is 2. The largest absolute Gasteiger partial charge is 0.506 e. The van der Waals surface area contributed by atoms with Gasteiger partial charge in [0.25, 0.3) is 0 Å². The van der Waals surface area contributed by atoms with Gasteiger partial charge in [-0.3, -0.25) is 4.79 Å². The molecule has 0 radical (unpaired) electrons. The summed E-state index contributed by atoms with van der Waals surface area (Å²) in [5.41, 5.74) is 2.14. The minimum atomic E-state index is 0.0976. The normalized spacial score (nSPS) is 14.7. The van der Waals surface area contributed by atoms with Crippen LogP contribution in [-0.2, 0) is 6.42 Å². The van der Waals surface area contributed by atoms with Gasteiger partial charge in [0.1, 0.15) is 17.1 Å². The van der Waals surface area contributed by atoms with Gasteiger partial charge in [0, 0.05) is 18.2 Å². The van der Waals surface area contributed by atoms with Crippen molar-refractivity contribution in [2.24, 2.45) is 0 Å². The Morgan fingerprint density at radius 3 is 2.82 bits per heavy atom. The third kappa shape index (κ3) is 1.62. The van der Waals surface area contributed by atoms with Crippen molar-refractivity contribution in [3.8, 4) is 11.4 Å². The van der Waals surface area contributed by atoms with E-state index in [0.29, 0.717) is 17.8 Å². The van der Waals surface area contributed by atoms with Crippen LogP contribution in [0.2, 0.25) is 0 Å². The minimum absolute atomic E-state index is 0.0976. The maximum Gasteiger partial charge on any atom is 0.183 e. The van der Waals surface area contributed by atoms with Gasteiger partial charge < -0.3 is 5.11 Å². The first-order chi connectivity index (χ1) is 8.25. The Bertz CT molecular complexity index is 587. The molecule has 4 nitrogen and oxygen atoms in total. The quantitative estimate of drug-likeness (QED) is 0.813. The number of rotatable bonds is 1. The van der Waals surface area contributed by atoms with Crippen molar-refractivity contribution in [2.75, 3.05) is 0 Å². The lowest BCUT2D eigenvalue weighted by molar-refractivity contribution is 0.0967. The number of carbonyl (C=O) groups is 1. The summed E-state index contributed by atoms with van der Waals surface area (Å²) in [5.74, 6) is 0.264. The number of phenolic OH excluding ortho intramolecular Hbond substituents is 1. The molecule has 1 N–H and O–H groups in total. The van der Waals surface area contributed by atoms with E-state index >= 15 is 0 Å². The monoisotopic (exact) mass is 228 g/mol. The molecule has 0 aliphatic heterocycles. The van der Waals surface area contributed by atoms with E-state index in [1.165, 1.54) is 0 Å². The van der Waals surface area contributed by atoms with Gasteiger partial charge in [-0.25, -0.2) is 4.68 Å². The molecule has 2 aromatic rings. The summed E-state index contributed by atoms with van der Waals surface area (Å²) < 4.78 is 1.59. The molecule has 1 aliphatic rings. The van der Waals surface area contributed by atoms with Gasteiger partial charge >= 0.3 is 0 Å². The van der Waals surface area contributed by atoms with Crippen LogP contribution in [0.4, 0.5) is 0 Å². The number of aryl methyl sites for hydroxylation is 1. The van der Waals surface area contributed by atoms with Crippen molar-refractivity contribution >= 4 is 5.78 Å². The minimum Gasteiger partial charge on any atom is -0.506 e. The van der Waals surface area contributed by atoms with Crippen LogP contribution >= 0.6 is 0 Å². The first kappa shape index (κ1) is 10.1. The molecule has 0 spiro atoms. The predicted molar refractivity (Wildman–Crippen MR) is 62.5 cm³/mol. The second kappa shape index (κ2) is 3.73. The molecule has 0 amide bonds. The molecule has 0 saturated carbocycles. The molecule has 86 valence electrons. The molecule has 1 aromatic carbocycles. The molecule has 1 heterocycles. The average molecular weight is 228 g/mol. The Balaban J connectivity index is 2.11. The van der Waals surface area contributed by atoms with Crippen molar-refractivity contribution < 1.29 is 9.90 Å². The van der Waals surface area contributed by atoms with Gasteiger partial charge in [0.15, 0.2) is 5.78 Å².